The molecule has 1 saturated heterocycles. The highest BCUT2D eigenvalue weighted by Crippen LogP contribution is 2.29. The summed E-state index contributed by atoms with van der Waals surface area (Å²) in [6.45, 7) is 2.08. The normalized spacial score (nSPS) is 16.7. The van der Waals surface area contributed by atoms with Gasteiger partial charge in [-0.05, 0) is 42.9 Å². The van der Waals surface area contributed by atoms with Crippen LogP contribution in [0.1, 0.15) is 24.8 Å². The van der Waals surface area contributed by atoms with Crippen molar-refractivity contribution < 1.29 is 9.59 Å². The molecule has 0 N–H and O–H groups in total. The van der Waals surface area contributed by atoms with E-state index in [1.807, 2.05) is 46.0 Å². The number of halogens is 1. The molecule has 2 aromatic carbocycles. The first-order valence-corrected chi connectivity index (χ1v) is 11.9. The fraction of sp³-hybridized carbons (Fsp3) is 0.346. The van der Waals surface area contributed by atoms with Gasteiger partial charge in [0.15, 0.2) is 0 Å². The third kappa shape index (κ3) is 4.81. The minimum absolute atomic E-state index is 0.00389. The Kier molecular flexibility index (Phi) is 6.18. The molecule has 0 spiro atoms. The van der Waals surface area contributed by atoms with Crippen molar-refractivity contribution in [3.05, 3.63) is 71.2 Å². The second kappa shape index (κ2) is 9.40. The lowest BCUT2D eigenvalue weighted by atomic mass is 9.90. The van der Waals surface area contributed by atoms with Crippen molar-refractivity contribution in [1.29, 1.82) is 0 Å². The summed E-state index contributed by atoms with van der Waals surface area (Å²) in [5, 5.41) is 5.32. The lowest BCUT2D eigenvalue weighted by molar-refractivity contribution is -0.132. The second-order valence-corrected chi connectivity index (χ2v) is 9.30. The van der Waals surface area contributed by atoms with E-state index in [1.165, 1.54) is 5.56 Å². The zero-order valence-corrected chi connectivity index (χ0v) is 19.2. The molecule has 7 heteroatoms. The van der Waals surface area contributed by atoms with Gasteiger partial charge in [0.25, 0.3) is 0 Å². The van der Waals surface area contributed by atoms with Crippen LogP contribution in [0, 0.1) is 5.92 Å². The van der Waals surface area contributed by atoms with Gasteiger partial charge < -0.3 is 4.90 Å². The number of hydrogen-bond acceptors (Lipinski definition) is 3. The van der Waals surface area contributed by atoms with E-state index < -0.39 is 0 Å². The minimum Gasteiger partial charge on any atom is -0.341 e. The van der Waals surface area contributed by atoms with Crippen molar-refractivity contribution in [3.8, 4) is 11.3 Å². The summed E-state index contributed by atoms with van der Waals surface area (Å²) >= 11 is 6.00. The molecule has 2 aliphatic heterocycles. The smallest absolute Gasteiger partial charge is 0.242 e. The highest BCUT2D eigenvalue weighted by atomic mass is 35.5. The van der Waals surface area contributed by atoms with Gasteiger partial charge in [0.2, 0.25) is 11.8 Å². The molecule has 3 heterocycles. The monoisotopic (exact) mass is 462 g/mol. The van der Waals surface area contributed by atoms with Crippen LogP contribution in [-0.2, 0) is 22.6 Å². The Morgan fingerprint density at radius 2 is 1.73 bits per heavy atom. The fourth-order valence-corrected chi connectivity index (χ4v) is 4.88. The zero-order chi connectivity index (χ0) is 22.8. The molecule has 0 saturated carbocycles. The number of carbonyl (C=O) groups is 2. The van der Waals surface area contributed by atoms with Gasteiger partial charge >= 0.3 is 0 Å². The molecule has 1 fully saturated rings. The van der Waals surface area contributed by atoms with E-state index in [-0.39, 0.29) is 18.4 Å². The SMILES string of the molecule is O=C(CN1C(=O)CCn2nc(-c3ccc(Cl)cc3)cc21)N1CCC(Cc2ccccc2)CC1. The van der Waals surface area contributed by atoms with E-state index in [9.17, 15) is 9.59 Å². The van der Waals surface area contributed by atoms with Crippen molar-refractivity contribution in [2.45, 2.75) is 32.2 Å². The average molecular weight is 463 g/mol. The topological polar surface area (TPSA) is 58.4 Å². The number of likely N-dealkylation sites (tertiary alicyclic amines) is 1. The van der Waals surface area contributed by atoms with Crippen molar-refractivity contribution in [1.82, 2.24) is 14.7 Å². The molecule has 0 bridgehead atoms. The van der Waals surface area contributed by atoms with Crippen LogP contribution < -0.4 is 4.90 Å². The predicted molar refractivity (Wildman–Crippen MR) is 129 cm³/mol. The molecule has 3 aromatic rings. The van der Waals surface area contributed by atoms with E-state index in [0.717, 1.165) is 43.6 Å². The van der Waals surface area contributed by atoms with Gasteiger partial charge in [0, 0.05) is 36.2 Å². The molecule has 6 nitrogen and oxygen atoms in total. The number of piperidine rings is 1. The van der Waals surface area contributed by atoms with E-state index in [4.69, 9.17) is 11.6 Å². The number of hydrogen-bond donors (Lipinski definition) is 0. The summed E-state index contributed by atoms with van der Waals surface area (Å²) in [6, 6.07) is 19.9. The molecule has 1 aromatic heterocycles. The number of aryl methyl sites for hydroxylation is 1. The maximum absolute atomic E-state index is 13.1. The van der Waals surface area contributed by atoms with Crippen molar-refractivity contribution in [3.63, 3.8) is 0 Å². The molecule has 2 aliphatic rings. The minimum atomic E-state index is -0.0302. The number of nitrogens with zero attached hydrogens (tertiary/aromatic N) is 4. The van der Waals surface area contributed by atoms with Crippen LogP contribution in [0.4, 0.5) is 5.82 Å². The number of benzene rings is 2. The summed E-state index contributed by atoms with van der Waals surface area (Å²) in [7, 11) is 0. The third-order valence-electron chi connectivity index (χ3n) is 6.64. The molecule has 0 radical (unpaired) electrons. The Morgan fingerprint density at radius 3 is 2.45 bits per heavy atom. The van der Waals surface area contributed by atoms with Gasteiger partial charge in [0.05, 0.1) is 12.2 Å². The molecule has 5 rings (SSSR count). The van der Waals surface area contributed by atoms with Crippen LogP contribution >= 0.6 is 11.6 Å². The molecule has 2 amide bonds. The van der Waals surface area contributed by atoms with Crippen LogP contribution in [0.25, 0.3) is 11.3 Å². The van der Waals surface area contributed by atoms with Gasteiger partial charge in [-0.15, -0.1) is 0 Å². The van der Waals surface area contributed by atoms with Crippen LogP contribution in [0.3, 0.4) is 0 Å². The van der Waals surface area contributed by atoms with E-state index in [0.29, 0.717) is 29.7 Å². The Balaban J connectivity index is 1.24. The zero-order valence-electron chi connectivity index (χ0n) is 18.5. The van der Waals surface area contributed by atoms with Crippen molar-refractivity contribution in [2.24, 2.45) is 5.92 Å². The highest BCUT2D eigenvalue weighted by Gasteiger charge is 2.31. The quantitative estimate of drug-likeness (QED) is 0.564. The van der Waals surface area contributed by atoms with Gasteiger partial charge in [-0.25, -0.2) is 4.68 Å². The first-order valence-electron chi connectivity index (χ1n) is 11.5. The predicted octanol–water partition coefficient (Wildman–Crippen LogP) is 4.42. The highest BCUT2D eigenvalue weighted by molar-refractivity contribution is 6.30. The first-order chi connectivity index (χ1) is 16.1. The number of anilines is 1. The van der Waals surface area contributed by atoms with E-state index in [1.54, 1.807) is 4.90 Å². The molecule has 0 atom stereocenters. The Labute approximate surface area is 198 Å². The Morgan fingerprint density at radius 1 is 1.00 bits per heavy atom. The lowest BCUT2D eigenvalue weighted by Crippen LogP contribution is -2.48. The maximum atomic E-state index is 13.1. The van der Waals surface area contributed by atoms with Gasteiger partial charge in [0.1, 0.15) is 12.4 Å². The van der Waals surface area contributed by atoms with E-state index in [2.05, 4.69) is 29.4 Å². The van der Waals surface area contributed by atoms with Gasteiger partial charge in [-0.1, -0.05) is 54.1 Å². The average Bonchev–Trinajstić information content (AvgIpc) is 3.27. The van der Waals surface area contributed by atoms with Gasteiger partial charge in [-0.3, -0.25) is 14.5 Å². The lowest BCUT2D eigenvalue weighted by Gasteiger charge is -2.34. The number of carbonyl (C=O) groups excluding carboxylic acids is 2. The summed E-state index contributed by atoms with van der Waals surface area (Å²) in [5.41, 5.74) is 3.06. The van der Waals surface area contributed by atoms with Crippen LogP contribution in [0.5, 0.6) is 0 Å². The number of amides is 2. The van der Waals surface area contributed by atoms with Crippen LogP contribution in [0.2, 0.25) is 5.02 Å². The summed E-state index contributed by atoms with van der Waals surface area (Å²) in [6.07, 6.45) is 3.39. The largest absolute Gasteiger partial charge is 0.341 e. The summed E-state index contributed by atoms with van der Waals surface area (Å²) < 4.78 is 1.82. The maximum Gasteiger partial charge on any atom is 0.242 e. The Bertz CT molecular complexity index is 1130. The second-order valence-electron chi connectivity index (χ2n) is 8.86. The number of aromatic nitrogens is 2. The van der Waals surface area contributed by atoms with Crippen LogP contribution in [-0.4, -0.2) is 46.1 Å². The number of rotatable bonds is 5. The summed E-state index contributed by atoms with van der Waals surface area (Å²) in [5.74, 6) is 1.25. The third-order valence-corrected chi connectivity index (χ3v) is 6.89. The molecule has 0 aliphatic carbocycles. The van der Waals surface area contributed by atoms with Gasteiger partial charge in [-0.2, -0.15) is 5.10 Å². The van der Waals surface area contributed by atoms with Crippen molar-refractivity contribution >= 4 is 29.2 Å². The molecular weight excluding hydrogens is 436 g/mol. The van der Waals surface area contributed by atoms with Crippen LogP contribution in [0.15, 0.2) is 60.7 Å². The Hall–Kier alpha value is -3.12. The molecule has 33 heavy (non-hydrogen) atoms. The number of fused-ring (bicyclic) bond motifs is 1. The van der Waals surface area contributed by atoms with Crippen molar-refractivity contribution in [2.75, 3.05) is 24.5 Å². The first kappa shape index (κ1) is 21.7. The molecule has 170 valence electrons. The van der Waals surface area contributed by atoms with E-state index >= 15 is 0 Å². The fourth-order valence-electron chi connectivity index (χ4n) is 4.75. The standard InChI is InChI=1S/C26H27ClN4O2/c27-22-8-6-21(7-9-22)23-17-24-30(25(32)12-15-31(24)28-23)18-26(33)29-13-10-20(11-14-29)16-19-4-2-1-3-5-19/h1-9,17,20H,10-16,18H2. The summed E-state index contributed by atoms with van der Waals surface area (Å²) in [4.78, 5) is 29.3. The molecule has 0 unspecified atom stereocenters. The molecular formula is C26H27ClN4O2.